The van der Waals surface area contributed by atoms with Crippen LogP contribution in [0.5, 0.6) is 11.5 Å². The first kappa shape index (κ1) is 34.0. The van der Waals surface area contributed by atoms with Crippen LogP contribution in [0.3, 0.4) is 0 Å². The third-order valence-corrected chi connectivity index (χ3v) is 8.28. The van der Waals surface area contributed by atoms with E-state index in [4.69, 9.17) is 14.2 Å². The second-order valence-electron chi connectivity index (χ2n) is 10.5. The van der Waals surface area contributed by atoms with Crippen LogP contribution in [-0.2, 0) is 41.7 Å². The third-order valence-electron chi connectivity index (χ3n) is 7.29. The maximum absolute atomic E-state index is 13.5. The number of amides is 2. The Labute approximate surface area is 271 Å². The first-order valence-electron chi connectivity index (χ1n) is 14.8. The van der Waals surface area contributed by atoms with E-state index in [2.05, 4.69) is 5.32 Å². The minimum Gasteiger partial charge on any atom is -0.508 e. The van der Waals surface area contributed by atoms with Gasteiger partial charge in [-0.05, 0) is 55.5 Å². The molecule has 3 aromatic rings. The Kier molecular flexibility index (Phi) is 12.2. The zero-order chi connectivity index (χ0) is 33.1. The molecule has 12 heteroatoms. The number of rotatable bonds is 12. The number of para-hydroxylation sites is 1. The van der Waals surface area contributed by atoms with E-state index in [9.17, 15) is 29.1 Å². The SMILES string of the molecule is CCOC(=O)[C@@H]1CC[C@H](c2ccccc2O)N1C(=O)CNC(=O)[C@H](Cc1ccc(OC(=O)OCc2ccccc2)cc1)SC(C)=O. The molecule has 1 aliphatic heterocycles. The van der Waals surface area contributed by atoms with Gasteiger partial charge in [-0.3, -0.25) is 14.4 Å². The number of nitrogens with one attached hydrogen (secondary N) is 1. The molecule has 11 nitrogen and oxygen atoms in total. The molecule has 1 heterocycles. The summed E-state index contributed by atoms with van der Waals surface area (Å²) in [6, 6.07) is 20.8. The first-order chi connectivity index (χ1) is 22.2. The molecule has 4 rings (SSSR count). The Balaban J connectivity index is 1.38. The summed E-state index contributed by atoms with van der Waals surface area (Å²) in [5.41, 5.74) is 2.00. The fraction of sp³-hybridized carbons (Fsp3) is 0.324. The first-order valence-corrected chi connectivity index (χ1v) is 15.7. The molecule has 0 aromatic heterocycles. The Morgan fingerprint density at radius 3 is 2.28 bits per heavy atom. The lowest BCUT2D eigenvalue weighted by Gasteiger charge is -2.30. The number of thioether (sulfide) groups is 1. The Hall–Kier alpha value is -4.84. The second-order valence-corrected chi connectivity index (χ2v) is 11.9. The summed E-state index contributed by atoms with van der Waals surface area (Å²) in [4.78, 5) is 65.0. The second kappa shape index (κ2) is 16.5. The Morgan fingerprint density at radius 2 is 1.61 bits per heavy atom. The molecule has 0 radical (unpaired) electrons. The Bertz CT molecular complexity index is 1530. The number of phenolic OH excluding ortho intramolecular Hbond substituents is 1. The number of esters is 1. The predicted octanol–water partition coefficient (Wildman–Crippen LogP) is 4.71. The van der Waals surface area contributed by atoms with E-state index < -0.39 is 47.8 Å². The number of nitrogens with zero attached hydrogens (tertiary/aromatic N) is 1. The highest BCUT2D eigenvalue weighted by Gasteiger charge is 2.43. The number of carbonyl (C=O) groups is 5. The number of aromatic hydroxyl groups is 1. The van der Waals surface area contributed by atoms with E-state index in [-0.39, 0.29) is 36.2 Å². The number of carbonyl (C=O) groups excluding carboxylic acids is 5. The van der Waals surface area contributed by atoms with Crippen LogP contribution in [0.25, 0.3) is 0 Å². The summed E-state index contributed by atoms with van der Waals surface area (Å²) in [6.07, 6.45) is 0.0517. The zero-order valence-corrected chi connectivity index (χ0v) is 26.4. The fourth-order valence-corrected chi connectivity index (χ4v) is 6.08. The minimum absolute atomic E-state index is 0.00254. The molecule has 1 saturated heterocycles. The average molecular weight is 649 g/mol. The fourth-order valence-electron chi connectivity index (χ4n) is 5.21. The van der Waals surface area contributed by atoms with Crippen LogP contribution in [0.1, 0.15) is 49.4 Å². The van der Waals surface area contributed by atoms with E-state index in [0.29, 0.717) is 24.0 Å². The van der Waals surface area contributed by atoms with Gasteiger partial charge in [-0.1, -0.05) is 72.4 Å². The molecule has 1 aliphatic rings. The van der Waals surface area contributed by atoms with Gasteiger partial charge in [0.15, 0.2) is 5.12 Å². The summed E-state index contributed by atoms with van der Waals surface area (Å²) in [5.74, 6) is -1.37. The van der Waals surface area contributed by atoms with Crippen molar-refractivity contribution in [1.82, 2.24) is 10.2 Å². The van der Waals surface area contributed by atoms with Crippen LogP contribution in [0, 0.1) is 0 Å². The van der Waals surface area contributed by atoms with E-state index >= 15 is 0 Å². The molecule has 46 heavy (non-hydrogen) atoms. The molecule has 3 aromatic carbocycles. The van der Waals surface area contributed by atoms with Crippen molar-refractivity contribution in [2.24, 2.45) is 0 Å². The molecular weight excluding hydrogens is 612 g/mol. The van der Waals surface area contributed by atoms with E-state index in [1.165, 1.54) is 17.9 Å². The minimum atomic E-state index is -0.868. The van der Waals surface area contributed by atoms with E-state index in [1.54, 1.807) is 49.4 Å². The van der Waals surface area contributed by atoms with Gasteiger partial charge >= 0.3 is 12.1 Å². The van der Waals surface area contributed by atoms with Gasteiger partial charge in [-0.15, -0.1) is 0 Å². The molecular formula is C34H36N2O9S. The average Bonchev–Trinajstić information content (AvgIpc) is 3.49. The normalized spacial score (nSPS) is 16.3. The van der Waals surface area contributed by atoms with Crippen molar-refractivity contribution in [2.45, 2.75) is 57.1 Å². The van der Waals surface area contributed by atoms with Crippen LogP contribution in [0.2, 0.25) is 0 Å². The molecule has 0 spiro atoms. The lowest BCUT2D eigenvalue weighted by molar-refractivity contribution is -0.154. The largest absolute Gasteiger partial charge is 0.514 e. The lowest BCUT2D eigenvalue weighted by atomic mass is 10.0. The maximum Gasteiger partial charge on any atom is 0.514 e. The van der Waals surface area contributed by atoms with Gasteiger partial charge in [0, 0.05) is 12.5 Å². The summed E-state index contributed by atoms with van der Waals surface area (Å²) >= 11 is 0.829. The summed E-state index contributed by atoms with van der Waals surface area (Å²) in [6.45, 7) is 2.81. The molecule has 0 unspecified atom stereocenters. The molecule has 0 saturated carbocycles. The zero-order valence-electron chi connectivity index (χ0n) is 25.5. The number of hydrogen-bond donors (Lipinski definition) is 2. The third kappa shape index (κ3) is 9.33. The van der Waals surface area contributed by atoms with Crippen molar-refractivity contribution in [3.8, 4) is 11.5 Å². The van der Waals surface area contributed by atoms with Gasteiger partial charge in [-0.2, -0.15) is 0 Å². The molecule has 0 bridgehead atoms. The summed E-state index contributed by atoms with van der Waals surface area (Å²) < 4.78 is 15.5. The number of likely N-dealkylation sites (tertiary alicyclic amines) is 1. The van der Waals surface area contributed by atoms with Crippen molar-refractivity contribution < 1.29 is 43.3 Å². The van der Waals surface area contributed by atoms with Gasteiger partial charge in [0.1, 0.15) is 24.1 Å². The molecule has 0 aliphatic carbocycles. The maximum atomic E-state index is 13.5. The molecule has 2 amide bonds. The highest BCUT2D eigenvalue weighted by Crippen LogP contribution is 2.40. The molecule has 3 atom stereocenters. The van der Waals surface area contributed by atoms with Crippen molar-refractivity contribution in [3.63, 3.8) is 0 Å². The number of ether oxygens (including phenoxy) is 3. The summed E-state index contributed by atoms with van der Waals surface area (Å²) in [7, 11) is 0. The number of benzene rings is 3. The van der Waals surface area contributed by atoms with Gasteiger partial charge in [0.25, 0.3) is 0 Å². The van der Waals surface area contributed by atoms with E-state index in [1.807, 2.05) is 30.3 Å². The Morgan fingerprint density at radius 1 is 0.913 bits per heavy atom. The van der Waals surface area contributed by atoms with Crippen LogP contribution >= 0.6 is 11.8 Å². The van der Waals surface area contributed by atoms with Crippen molar-refractivity contribution >= 4 is 40.8 Å². The molecule has 242 valence electrons. The topological polar surface area (TPSA) is 149 Å². The van der Waals surface area contributed by atoms with Crippen LogP contribution in [0.15, 0.2) is 78.9 Å². The van der Waals surface area contributed by atoms with Crippen LogP contribution < -0.4 is 10.1 Å². The van der Waals surface area contributed by atoms with Crippen molar-refractivity contribution in [1.29, 1.82) is 0 Å². The van der Waals surface area contributed by atoms with E-state index in [0.717, 1.165) is 17.3 Å². The van der Waals surface area contributed by atoms with Gasteiger partial charge < -0.3 is 29.5 Å². The number of hydrogen-bond acceptors (Lipinski definition) is 10. The monoisotopic (exact) mass is 648 g/mol. The molecule has 2 N–H and O–H groups in total. The highest BCUT2D eigenvalue weighted by atomic mass is 32.2. The van der Waals surface area contributed by atoms with Crippen molar-refractivity contribution in [3.05, 3.63) is 95.6 Å². The van der Waals surface area contributed by atoms with Gasteiger partial charge in [0.2, 0.25) is 11.8 Å². The van der Waals surface area contributed by atoms with Crippen molar-refractivity contribution in [2.75, 3.05) is 13.2 Å². The van der Waals surface area contributed by atoms with Gasteiger partial charge in [0.05, 0.1) is 24.4 Å². The lowest BCUT2D eigenvalue weighted by Crippen LogP contribution is -2.48. The smallest absolute Gasteiger partial charge is 0.508 e. The quantitative estimate of drug-likeness (QED) is 0.209. The van der Waals surface area contributed by atoms with Gasteiger partial charge in [-0.25, -0.2) is 9.59 Å². The highest BCUT2D eigenvalue weighted by molar-refractivity contribution is 8.14. The van der Waals surface area contributed by atoms with Crippen LogP contribution in [-0.4, -0.2) is 63.5 Å². The standard InChI is InChI=1S/C34H36N2O9S/c1-3-43-33(41)28-18-17-27(26-11-7-8-12-29(26)38)36(28)31(39)20-35-32(40)30(46-22(2)37)19-23-13-15-25(16-14-23)45-34(42)44-21-24-9-5-4-6-10-24/h4-16,27-28,30,38H,3,17-21H2,1-2H3,(H,35,40)/t27-,28+,30+/m1/s1. The molecule has 1 fully saturated rings. The van der Waals surface area contributed by atoms with Crippen LogP contribution in [0.4, 0.5) is 4.79 Å². The summed E-state index contributed by atoms with van der Waals surface area (Å²) in [5, 5.41) is 11.9. The predicted molar refractivity (Wildman–Crippen MR) is 170 cm³/mol. The number of phenols is 1.